The smallest absolute Gasteiger partial charge is 0.338 e. The average Bonchev–Trinajstić information content (AvgIpc) is 2.73. The number of urea groups is 1. The SMILES string of the molecule is CN1C(=O)NN=C2COc3cc(-c4ccccc4)c(N(C)C4(C)CNC4)cc3C21. The molecular formula is C22H25N5O2. The number of hydrogen-bond donors (Lipinski definition) is 2. The summed E-state index contributed by atoms with van der Waals surface area (Å²) in [5.41, 5.74) is 7.79. The summed E-state index contributed by atoms with van der Waals surface area (Å²) in [4.78, 5) is 16.3. The number of amides is 2. The van der Waals surface area contributed by atoms with Gasteiger partial charge in [0, 0.05) is 44.0 Å². The van der Waals surface area contributed by atoms with Gasteiger partial charge in [-0.3, -0.25) is 0 Å². The molecule has 2 aromatic rings. The van der Waals surface area contributed by atoms with Crippen LogP contribution in [0.25, 0.3) is 11.1 Å². The number of carbonyl (C=O) groups excluding carboxylic acids is 1. The summed E-state index contributed by atoms with van der Waals surface area (Å²) in [6, 6.07) is 14.2. The van der Waals surface area contributed by atoms with Crippen LogP contribution in [0, 0.1) is 0 Å². The van der Waals surface area contributed by atoms with Crippen LogP contribution >= 0.6 is 0 Å². The van der Waals surface area contributed by atoms with Crippen LogP contribution in [-0.4, -0.2) is 56.0 Å². The number of rotatable bonds is 3. The fourth-order valence-electron chi connectivity index (χ4n) is 4.32. The second-order valence-corrected chi connectivity index (χ2v) is 8.25. The Kier molecular flexibility index (Phi) is 4.03. The van der Waals surface area contributed by atoms with Crippen LogP contribution in [0.1, 0.15) is 18.5 Å². The molecule has 3 aliphatic heterocycles. The van der Waals surface area contributed by atoms with Gasteiger partial charge in [-0.25, -0.2) is 10.2 Å². The minimum absolute atomic E-state index is 0.0417. The third-order valence-electron chi connectivity index (χ3n) is 6.38. The maximum atomic E-state index is 12.2. The Balaban J connectivity index is 1.69. The zero-order valence-corrected chi connectivity index (χ0v) is 16.9. The number of anilines is 1. The number of ether oxygens (including phenoxy) is 1. The molecule has 0 aliphatic carbocycles. The molecule has 150 valence electrons. The summed E-state index contributed by atoms with van der Waals surface area (Å²) in [5.74, 6) is 0.809. The third-order valence-corrected chi connectivity index (χ3v) is 6.38. The van der Waals surface area contributed by atoms with E-state index in [-0.39, 0.29) is 17.6 Å². The maximum Gasteiger partial charge on any atom is 0.338 e. The van der Waals surface area contributed by atoms with Crippen LogP contribution < -0.4 is 20.4 Å². The van der Waals surface area contributed by atoms with E-state index in [1.165, 1.54) is 0 Å². The monoisotopic (exact) mass is 391 g/mol. The van der Waals surface area contributed by atoms with Crippen LogP contribution in [-0.2, 0) is 0 Å². The van der Waals surface area contributed by atoms with Crippen molar-refractivity contribution in [3.8, 4) is 16.9 Å². The fraction of sp³-hybridized carbons (Fsp3) is 0.364. The molecule has 1 fully saturated rings. The van der Waals surface area contributed by atoms with Gasteiger partial charge in [0.15, 0.2) is 0 Å². The van der Waals surface area contributed by atoms with Crippen molar-refractivity contribution in [3.63, 3.8) is 0 Å². The number of nitrogens with one attached hydrogen (secondary N) is 2. The second-order valence-electron chi connectivity index (χ2n) is 8.25. The highest BCUT2D eigenvalue weighted by Gasteiger charge is 2.40. The normalized spacial score (nSPS) is 21.8. The van der Waals surface area contributed by atoms with Gasteiger partial charge in [0.2, 0.25) is 0 Å². The van der Waals surface area contributed by atoms with Crippen LogP contribution in [0.5, 0.6) is 5.75 Å². The van der Waals surface area contributed by atoms with Gasteiger partial charge < -0.3 is 19.9 Å². The molecule has 29 heavy (non-hydrogen) atoms. The van der Waals surface area contributed by atoms with E-state index in [2.05, 4.69) is 71.1 Å². The molecule has 7 nitrogen and oxygen atoms in total. The maximum absolute atomic E-state index is 12.2. The molecule has 2 N–H and O–H groups in total. The van der Waals surface area contributed by atoms with Crippen LogP contribution in [0.2, 0.25) is 0 Å². The lowest BCUT2D eigenvalue weighted by molar-refractivity contribution is 0.192. The summed E-state index contributed by atoms with van der Waals surface area (Å²) >= 11 is 0. The molecule has 1 saturated heterocycles. The first-order valence-electron chi connectivity index (χ1n) is 9.88. The zero-order chi connectivity index (χ0) is 20.2. The van der Waals surface area contributed by atoms with E-state index in [9.17, 15) is 4.79 Å². The highest BCUT2D eigenvalue weighted by atomic mass is 16.5. The third kappa shape index (κ3) is 2.76. The van der Waals surface area contributed by atoms with Crippen LogP contribution in [0.3, 0.4) is 0 Å². The molecule has 0 radical (unpaired) electrons. The van der Waals surface area contributed by atoms with Crippen LogP contribution in [0.4, 0.5) is 10.5 Å². The lowest BCUT2D eigenvalue weighted by Gasteiger charge is -2.49. The summed E-state index contributed by atoms with van der Waals surface area (Å²) in [6.45, 7) is 4.50. The summed E-state index contributed by atoms with van der Waals surface area (Å²) in [6.07, 6.45) is 0. The number of benzene rings is 2. The van der Waals surface area contributed by atoms with Gasteiger partial charge in [-0.1, -0.05) is 30.3 Å². The zero-order valence-electron chi connectivity index (χ0n) is 16.9. The minimum atomic E-state index is -0.211. The summed E-state index contributed by atoms with van der Waals surface area (Å²) < 4.78 is 6.06. The molecule has 0 bridgehead atoms. The molecule has 1 atom stereocenters. The van der Waals surface area contributed by atoms with Gasteiger partial charge in [-0.15, -0.1) is 0 Å². The first-order valence-corrected chi connectivity index (χ1v) is 9.88. The predicted octanol–water partition coefficient (Wildman–Crippen LogP) is 2.60. The lowest BCUT2D eigenvalue weighted by atomic mass is 9.88. The van der Waals surface area contributed by atoms with E-state index < -0.39 is 0 Å². The molecule has 2 amide bonds. The Labute approximate surface area is 170 Å². The summed E-state index contributed by atoms with van der Waals surface area (Å²) in [5, 5.41) is 7.63. The largest absolute Gasteiger partial charge is 0.487 e. The van der Waals surface area contributed by atoms with Crippen molar-refractivity contribution in [2.24, 2.45) is 5.10 Å². The van der Waals surface area contributed by atoms with Gasteiger partial charge in [0.25, 0.3) is 0 Å². The standard InChI is InChI=1S/C22H25N5O2/c1-22(12-23-13-22)27(3)18-9-16-19(10-15(18)14-7-5-4-6-8-14)29-11-17-20(16)26(2)21(28)25-24-17/h4-10,20,23H,11-13H2,1-3H3,(H,25,28). The highest BCUT2D eigenvalue weighted by Crippen LogP contribution is 2.44. The van der Waals surface area contributed by atoms with Crippen molar-refractivity contribution in [2.75, 3.05) is 38.7 Å². The highest BCUT2D eigenvalue weighted by molar-refractivity contribution is 6.00. The van der Waals surface area contributed by atoms with Gasteiger partial charge in [0.1, 0.15) is 24.1 Å². The molecule has 2 aromatic carbocycles. The Morgan fingerprint density at radius 1 is 1.24 bits per heavy atom. The predicted molar refractivity (Wildman–Crippen MR) is 114 cm³/mol. The first-order chi connectivity index (χ1) is 14.0. The Morgan fingerprint density at radius 3 is 2.69 bits per heavy atom. The molecular weight excluding hydrogens is 366 g/mol. The van der Waals surface area contributed by atoms with Gasteiger partial charge in [-0.05, 0) is 24.6 Å². The number of hydrogen-bond acceptors (Lipinski definition) is 5. The van der Waals surface area contributed by atoms with Gasteiger partial charge in [-0.2, -0.15) is 5.10 Å². The first kappa shape index (κ1) is 18.0. The van der Waals surface area contributed by atoms with E-state index >= 15 is 0 Å². The second kappa shape index (κ2) is 6.49. The lowest BCUT2D eigenvalue weighted by Crippen LogP contribution is -2.66. The van der Waals surface area contributed by atoms with Crippen molar-refractivity contribution in [1.29, 1.82) is 0 Å². The number of likely N-dealkylation sites (N-methyl/N-ethyl adjacent to an activating group) is 1. The van der Waals surface area contributed by atoms with E-state index in [0.717, 1.165) is 46.9 Å². The van der Waals surface area contributed by atoms with E-state index in [0.29, 0.717) is 6.61 Å². The van der Waals surface area contributed by atoms with E-state index in [4.69, 9.17) is 4.74 Å². The molecule has 0 saturated carbocycles. The molecule has 3 heterocycles. The van der Waals surface area contributed by atoms with E-state index in [1.54, 1.807) is 11.9 Å². The molecule has 1 unspecified atom stereocenters. The number of carbonyl (C=O) groups is 1. The van der Waals surface area contributed by atoms with Gasteiger partial charge >= 0.3 is 6.03 Å². The Hall–Kier alpha value is -3.06. The van der Waals surface area contributed by atoms with Crippen molar-refractivity contribution < 1.29 is 9.53 Å². The van der Waals surface area contributed by atoms with Gasteiger partial charge in [0.05, 0.1) is 5.54 Å². The number of fused-ring (bicyclic) bond motifs is 3. The molecule has 0 aromatic heterocycles. The summed E-state index contributed by atoms with van der Waals surface area (Å²) in [7, 11) is 3.94. The van der Waals surface area contributed by atoms with Crippen LogP contribution in [0.15, 0.2) is 47.6 Å². The number of hydrazone groups is 1. The minimum Gasteiger partial charge on any atom is -0.487 e. The number of nitrogens with zero attached hydrogens (tertiary/aromatic N) is 3. The van der Waals surface area contributed by atoms with Crippen molar-refractivity contribution in [3.05, 3.63) is 48.0 Å². The van der Waals surface area contributed by atoms with E-state index in [1.807, 2.05) is 6.07 Å². The van der Waals surface area contributed by atoms with Crippen molar-refractivity contribution in [2.45, 2.75) is 18.5 Å². The fourth-order valence-corrected chi connectivity index (χ4v) is 4.32. The van der Waals surface area contributed by atoms with Crippen molar-refractivity contribution >= 4 is 17.4 Å². The van der Waals surface area contributed by atoms with Crippen molar-refractivity contribution in [1.82, 2.24) is 15.6 Å². The quantitative estimate of drug-likeness (QED) is 0.844. The average molecular weight is 391 g/mol. The molecule has 3 aliphatic rings. The topological polar surface area (TPSA) is 69.2 Å². The molecule has 0 spiro atoms. The molecule has 7 heteroatoms. The molecule has 5 rings (SSSR count). The Morgan fingerprint density at radius 2 is 2.00 bits per heavy atom. The Bertz CT molecular complexity index is 1000.